The topological polar surface area (TPSA) is 30.2 Å². The first-order valence-electron chi connectivity index (χ1n) is 5.31. The summed E-state index contributed by atoms with van der Waals surface area (Å²) in [5.41, 5.74) is 3.20. The molecule has 0 atom stereocenters. The van der Waals surface area contributed by atoms with Crippen LogP contribution in [0, 0.1) is 12.7 Å². The fraction of sp³-hybridized carbons (Fsp3) is 0.0769. The Morgan fingerprint density at radius 1 is 1.18 bits per heavy atom. The number of aryl methyl sites for hydroxylation is 1. The molecule has 17 heavy (non-hydrogen) atoms. The predicted molar refractivity (Wildman–Crippen MR) is 63.1 cm³/mol. The molecule has 0 aliphatic rings. The molecule has 4 heteroatoms. The molecule has 0 fully saturated rings. The minimum absolute atomic E-state index is 0.258. The largest absolute Gasteiger partial charge is 0.232 e. The lowest BCUT2D eigenvalue weighted by molar-refractivity contribution is 0.628. The third-order valence-electron chi connectivity index (χ3n) is 2.56. The summed E-state index contributed by atoms with van der Waals surface area (Å²) in [6, 6.07) is 10.1. The number of nitrogens with zero attached hydrogens (tertiary/aromatic N) is 3. The van der Waals surface area contributed by atoms with E-state index >= 15 is 0 Å². The fourth-order valence-electron chi connectivity index (χ4n) is 1.80. The van der Waals surface area contributed by atoms with E-state index in [2.05, 4.69) is 10.1 Å². The van der Waals surface area contributed by atoms with Crippen molar-refractivity contribution >= 4 is 5.65 Å². The van der Waals surface area contributed by atoms with E-state index in [1.807, 2.05) is 31.3 Å². The first-order chi connectivity index (χ1) is 8.22. The van der Waals surface area contributed by atoms with Crippen molar-refractivity contribution in [2.75, 3.05) is 0 Å². The number of fused-ring (bicyclic) bond motifs is 1. The summed E-state index contributed by atoms with van der Waals surface area (Å²) in [5, 5.41) is 4.39. The molecule has 0 saturated heterocycles. The van der Waals surface area contributed by atoms with Crippen LogP contribution in [0.15, 0.2) is 42.6 Å². The van der Waals surface area contributed by atoms with Crippen LogP contribution in [0.1, 0.15) is 5.69 Å². The van der Waals surface area contributed by atoms with Crippen LogP contribution < -0.4 is 0 Å². The van der Waals surface area contributed by atoms with Gasteiger partial charge in [-0.1, -0.05) is 12.1 Å². The molecule has 0 aliphatic carbocycles. The van der Waals surface area contributed by atoms with Crippen LogP contribution in [0.25, 0.3) is 16.9 Å². The van der Waals surface area contributed by atoms with Crippen molar-refractivity contribution in [3.63, 3.8) is 0 Å². The van der Waals surface area contributed by atoms with Gasteiger partial charge in [-0.3, -0.25) is 0 Å². The second-order valence-electron chi connectivity index (χ2n) is 3.91. The van der Waals surface area contributed by atoms with Gasteiger partial charge in [-0.2, -0.15) is 5.10 Å². The molecule has 0 amide bonds. The highest BCUT2D eigenvalue weighted by atomic mass is 19.1. The molecular weight excluding hydrogens is 217 g/mol. The predicted octanol–water partition coefficient (Wildman–Crippen LogP) is 2.84. The maximum Gasteiger partial charge on any atom is 0.153 e. The number of imidazole rings is 1. The Balaban J connectivity index is 2.17. The van der Waals surface area contributed by atoms with Crippen molar-refractivity contribution in [3.05, 3.63) is 54.1 Å². The standard InChI is InChI=1S/C13H10FN3/c1-9-8-17-13(15-9)6-5-12(16-17)10-3-2-4-11(14)7-10/h2-8H,1H3. The molecule has 0 bridgehead atoms. The maximum absolute atomic E-state index is 13.1. The van der Waals surface area contributed by atoms with Crippen molar-refractivity contribution in [1.29, 1.82) is 0 Å². The van der Waals surface area contributed by atoms with Gasteiger partial charge < -0.3 is 0 Å². The summed E-state index contributed by atoms with van der Waals surface area (Å²) in [6.07, 6.45) is 1.85. The molecule has 2 heterocycles. The highest BCUT2D eigenvalue weighted by molar-refractivity contribution is 5.60. The average Bonchev–Trinajstić information content (AvgIpc) is 2.68. The molecule has 0 N–H and O–H groups in total. The van der Waals surface area contributed by atoms with Crippen LogP contribution in [0.4, 0.5) is 4.39 Å². The number of hydrogen-bond acceptors (Lipinski definition) is 2. The molecule has 0 spiro atoms. The summed E-state index contributed by atoms with van der Waals surface area (Å²) in [4.78, 5) is 4.29. The van der Waals surface area contributed by atoms with Gasteiger partial charge in [0.05, 0.1) is 17.6 Å². The van der Waals surface area contributed by atoms with Gasteiger partial charge in [-0.15, -0.1) is 0 Å². The number of hydrogen-bond donors (Lipinski definition) is 0. The van der Waals surface area contributed by atoms with E-state index in [1.165, 1.54) is 12.1 Å². The van der Waals surface area contributed by atoms with Crippen molar-refractivity contribution in [2.45, 2.75) is 6.92 Å². The molecule has 1 aromatic carbocycles. The zero-order valence-electron chi connectivity index (χ0n) is 9.26. The van der Waals surface area contributed by atoms with Gasteiger partial charge in [0.2, 0.25) is 0 Å². The van der Waals surface area contributed by atoms with E-state index in [0.29, 0.717) is 0 Å². The number of rotatable bonds is 1. The molecule has 0 unspecified atom stereocenters. The highest BCUT2D eigenvalue weighted by Gasteiger charge is 2.03. The maximum atomic E-state index is 13.1. The second-order valence-corrected chi connectivity index (χ2v) is 3.91. The van der Waals surface area contributed by atoms with Crippen LogP contribution in [-0.4, -0.2) is 14.6 Å². The third-order valence-corrected chi connectivity index (χ3v) is 2.56. The lowest BCUT2D eigenvalue weighted by atomic mass is 10.1. The van der Waals surface area contributed by atoms with E-state index in [9.17, 15) is 4.39 Å². The molecule has 3 rings (SSSR count). The van der Waals surface area contributed by atoms with Crippen LogP contribution in [0.2, 0.25) is 0 Å². The van der Waals surface area contributed by atoms with Crippen LogP contribution >= 0.6 is 0 Å². The summed E-state index contributed by atoms with van der Waals surface area (Å²) in [6.45, 7) is 1.91. The van der Waals surface area contributed by atoms with Gasteiger partial charge in [-0.05, 0) is 31.2 Å². The van der Waals surface area contributed by atoms with Gasteiger partial charge in [-0.25, -0.2) is 13.9 Å². The molecule has 0 radical (unpaired) electrons. The Morgan fingerprint density at radius 2 is 2.06 bits per heavy atom. The van der Waals surface area contributed by atoms with Gasteiger partial charge >= 0.3 is 0 Å². The van der Waals surface area contributed by atoms with Crippen LogP contribution in [0.3, 0.4) is 0 Å². The van der Waals surface area contributed by atoms with Crippen LogP contribution in [0.5, 0.6) is 0 Å². The molecule has 0 aliphatic heterocycles. The summed E-state index contributed by atoms with van der Waals surface area (Å²) in [5.74, 6) is -0.258. The zero-order chi connectivity index (χ0) is 11.8. The van der Waals surface area contributed by atoms with Crippen molar-refractivity contribution in [3.8, 4) is 11.3 Å². The van der Waals surface area contributed by atoms with Gasteiger partial charge in [0.1, 0.15) is 5.82 Å². The first-order valence-corrected chi connectivity index (χ1v) is 5.31. The van der Waals surface area contributed by atoms with Gasteiger partial charge in [0, 0.05) is 5.56 Å². The Labute approximate surface area is 97.5 Å². The molecular formula is C13H10FN3. The minimum Gasteiger partial charge on any atom is -0.232 e. The van der Waals surface area contributed by atoms with E-state index in [4.69, 9.17) is 0 Å². The summed E-state index contributed by atoms with van der Waals surface area (Å²) < 4.78 is 14.8. The molecule has 3 nitrogen and oxygen atoms in total. The zero-order valence-corrected chi connectivity index (χ0v) is 9.26. The molecule has 3 aromatic rings. The molecule has 84 valence electrons. The van der Waals surface area contributed by atoms with E-state index in [1.54, 1.807) is 10.6 Å². The first kappa shape index (κ1) is 9.96. The third kappa shape index (κ3) is 1.78. The fourth-order valence-corrected chi connectivity index (χ4v) is 1.80. The van der Waals surface area contributed by atoms with Gasteiger partial charge in [0.15, 0.2) is 5.65 Å². The Kier molecular flexibility index (Phi) is 2.14. The Bertz CT molecular complexity index is 688. The highest BCUT2D eigenvalue weighted by Crippen LogP contribution is 2.18. The minimum atomic E-state index is -0.258. The average molecular weight is 227 g/mol. The number of benzene rings is 1. The summed E-state index contributed by atoms with van der Waals surface area (Å²) >= 11 is 0. The number of aromatic nitrogens is 3. The quantitative estimate of drug-likeness (QED) is 0.640. The van der Waals surface area contributed by atoms with Crippen LogP contribution in [-0.2, 0) is 0 Å². The lowest BCUT2D eigenvalue weighted by Gasteiger charge is -2.01. The lowest BCUT2D eigenvalue weighted by Crippen LogP contribution is -1.93. The monoisotopic (exact) mass is 227 g/mol. The molecule has 2 aromatic heterocycles. The Hall–Kier alpha value is -2.23. The second kappa shape index (κ2) is 3.66. The van der Waals surface area contributed by atoms with Crippen molar-refractivity contribution in [1.82, 2.24) is 14.6 Å². The van der Waals surface area contributed by atoms with Crippen molar-refractivity contribution < 1.29 is 4.39 Å². The van der Waals surface area contributed by atoms with E-state index in [0.717, 1.165) is 22.6 Å². The van der Waals surface area contributed by atoms with E-state index < -0.39 is 0 Å². The smallest absolute Gasteiger partial charge is 0.153 e. The van der Waals surface area contributed by atoms with E-state index in [-0.39, 0.29) is 5.82 Å². The molecule has 0 saturated carbocycles. The van der Waals surface area contributed by atoms with Crippen molar-refractivity contribution in [2.24, 2.45) is 0 Å². The summed E-state index contributed by atoms with van der Waals surface area (Å²) in [7, 11) is 0. The normalized spacial score (nSPS) is 10.9. The number of halogens is 1. The Morgan fingerprint density at radius 3 is 2.88 bits per heavy atom. The van der Waals surface area contributed by atoms with Gasteiger partial charge in [0.25, 0.3) is 0 Å². The SMILES string of the molecule is Cc1cn2nc(-c3cccc(F)c3)ccc2n1.